The van der Waals surface area contributed by atoms with E-state index in [9.17, 15) is 4.79 Å². The van der Waals surface area contributed by atoms with Gasteiger partial charge < -0.3 is 4.74 Å². The summed E-state index contributed by atoms with van der Waals surface area (Å²) in [5, 5.41) is 0. The Labute approximate surface area is 143 Å². The second-order valence-electron chi connectivity index (χ2n) is 6.69. The Morgan fingerprint density at radius 3 is 2.00 bits per heavy atom. The molecule has 0 amide bonds. The highest BCUT2D eigenvalue weighted by Gasteiger charge is 2.12. The second kappa shape index (κ2) is 11.9. The van der Waals surface area contributed by atoms with Gasteiger partial charge in [0, 0.05) is 5.57 Å². The maximum absolute atomic E-state index is 11.7. The summed E-state index contributed by atoms with van der Waals surface area (Å²) in [7, 11) is 1.43. The lowest BCUT2D eigenvalue weighted by atomic mass is 10.0. The first-order valence-electron chi connectivity index (χ1n) is 8.52. The van der Waals surface area contributed by atoms with Crippen molar-refractivity contribution >= 4 is 5.97 Å². The first-order chi connectivity index (χ1) is 10.8. The number of carbonyl (C=O) groups is 1. The topological polar surface area (TPSA) is 26.3 Å². The summed E-state index contributed by atoms with van der Waals surface area (Å²) in [6.45, 7) is 12.6. The zero-order valence-corrected chi connectivity index (χ0v) is 16.0. The zero-order chi connectivity index (χ0) is 17.8. The Kier molecular flexibility index (Phi) is 11.1. The number of hydrogen-bond donors (Lipinski definition) is 0. The summed E-state index contributed by atoms with van der Waals surface area (Å²) in [6.07, 6.45) is 12.9. The van der Waals surface area contributed by atoms with Crippen LogP contribution in [-0.4, -0.2) is 13.1 Å². The fraction of sp³-hybridized carbons (Fsp3) is 0.571. The molecule has 0 aliphatic carbocycles. The van der Waals surface area contributed by atoms with Crippen molar-refractivity contribution in [3.63, 3.8) is 0 Å². The number of carbonyl (C=O) groups excluding carboxylic acids is 1. The molecule has 0 heterocycles. The molecule has 0 rings (SSSR count). The van der Waals surface area contributed by atoms with Gasteiger partial charge in [-0.25, -0.2) is 4.79 Å². The fourth-order valence-electron chi connectivity index (χ4n) is 2.17. The van der Waals surface area contributed by atoms with Crippen molar-refractivity contribution in [2.75, 3.05) is 7.11 Å². The molecular weight excluding hydrogens is 284 g/mol. The molecule has 0 saturated heterocycles. The van der Waals surface area contributed by atoms with Crippen molar-refractivity contribution in [3.05, 3.63) is 46.6 Å². The normalized spacial score (nSPS) is 13.3. The molecule has 0 atom stereocenters. The van der Waals surface area contributed by atoms with Crippen molar-refractivity contribution in [2.45, 2.75) is 67.2 Å². The van der Waals surface area contributed by atoms with Crippen molar-refractivity contribution in [2.24, 2.45) is 5.92 Å². The van der Waals surface area contributed by atoms with E-state index in [0.717, 1.165) is 31.3 Å². The lowest BCUT2D eigenvalue weighted by Crippen LogP contribution is -2.09. The lowest BCUT2D eigenvalue weighted by Gasteiger charge is -2.08. The van der Waals surface area contributed by atoms with Crippen LogP contribution in [0.15, 0.2) is 46.6 Å². The molecule has 0 bridgehead atoms. The van der Waals surface area contributed by atoms with Crippen molar-refractivity contribution in [3.8, 4) is 0 Å². The van der Waals surface area contributed by atoms with Gasteiger partial charge in [-0.05, 0) is 59.3 Å². The Hall–Kier alpha value is -1.57. The Bertz CT molecular complexity index is 484. The molecule has 0 N–H and O–H groups in total. The molecule has 2 heteroatoms. The van der Waals surface area contributed by atoms with Crippen LogP contribution in [0.3, 0.4) is 0 Å². The number of esters is 1. The van der Waals surface area contributed by atoms with E-state index in [-0.39, 0.29) is 11.9 Å². The summed E-state index contributed by atoms with van der Waals surface area (Å²) in [6, 6.07) is 0. The van der Waals surface area contributed by atoms with E-state index in [4.69, 9.17) is 4.74 Å². The SMILES string of the molecule is COC(=O)/C(=C/C=C(\C)CC/C=C(\C)CCC=C(C)C)C(C)C. The highest BCUT2D eigenvalue weighted by molar-refractivity contribution is 5.89. The van der Waals surface area contributed by atoms with E-state index in [2.05, 4.69) is 39.8 Å². The molecule has 0 unspecified atom stereocenters. The first kappa shape index (κ1) is 21.4. The monoisotopic (exact) mass is 318 g/mol. The maximum atomic E-state index is 11.7. The van der Waals surface area contributed by atoms with Crippen LogP contribution < -0.4 is 0 Å². The molecule has 23 heavy (non-hydrogen) atoms. The number of rotatable bonds is 9. The van der Waals surface area contributed by atoms with Crippen LogP contribution in [-0.2, 0) is 9.53 Å². The number of allylic oxidation sites excluding steroid dienone is 7. The predicted molar refractivity (Wildman–Crippen MR) is 100 cm³/mol. The van der Waals surface area contributed by atoms with Gasteiger partial charge in [-0.2, -0.15) is 0 Å². The minimum Gasteiger partial charge on any atom is -0.466 e. The molecule has 0 fully saturated rings. The molecule has 0 spiro atoms. The molecule has 2 nitrogen and oxygen atoms in total. The van der Waals surface area contributed by atoms with E-state index in [1.165, 1.54) is 23.8 Å². The van der Waals surface area contributed by atoms with E-state index in [1.807, 2.05) is 26.0 Å². The summed E-state index contributed by atoms with van der Waals surface area (Å²) in [5.41, 5.74) is 4.83. The highest BCUT2D eigenvalue weighted by atomic mass is 16.5. The largest absolute Gasteiger partial charge is 0.466 e. The van der Waals surface area contributed by atoms with E-state index < -0.39 is 0 Å². The van der Waals surface area contributed by atoms with Gasteiger partial charge in [0.25, 0.3) is 0 Å². The van der Waals surface area contributed by atoms with Gasteiger partial charge in [-0.1, -0.05) is 54.9 Å². The van der Waals surface area contributed by atoms with Gasteiger partial charge in [0.2, 0.25) is 0 Å². The molecular formula is C21H34O2. The van der Waals surface area contributed by atoms with Gasteiger partial charge in [0.05, 0.1) is 7.11 Å². The zero-order valence-electron chi connectivity index (χ0n) is 16.0. The Balaban J connectivity index is 4.49. The van der Waals surface area contributed by atoms with Crippen LogP contribution in [0.4, 0.5) is 0 Å². The maximum Gasteiger partial charge on any atom is 0.333 e. The van der Waals surface area contributed by atoms with Crippen molar-refractivity contribution < 1.29 is 9.53 Å². The van der Waals surface area contributed by atoms with Crippen LogP contribution in [0.25, 0.3) is 0 Å². The predicted octanol–water partition coefficient (Wildman–Crippen LogP) is 6.16. The van der Waals surface area contributed by atoms with E-state index >= 15 is 0 Å². The Morgan fingerprint density at radius 2 is 1.48 bits per heavy atom. The van der Waals surface area contributed by atoms with Gasteiger partial charge in [-0.3, -0.25) is 0 Å². The average Bonchev–Trinajstić information content (AvgIpc) is 2.46. The molecule has 0 aliphatic heterocycles. The standard InChI is InChI=1S/C21H34O2/c1-16(2)10-8-11-18(5)12-9-13-19(6)14-15-20(17(3)4)21(22)23-7/h10,12,14-15,17H,8-9,11,13H2,1-7H3/b18-12+,19-14+,20-15+. The minimum absolute atomic E-state index is 0.170. The van der Waals surface area contributed by atoms with Crippen molar-refractivity contribution in [1.82, 2.24) is 0 Å². The fourth-order valence-corrected chi connectivity index (χ4v) is 2.17. The average molecular weight is 319 g/mol. The number of methoxy groups -OCH3 is 1. The van der Waals surface area contributed by atoms with Gasteiger partial charge in [0.15, 0.2) is 0 Å². The van der Waals surface area contributed by atoms with Gasteiger partial charge in [-0.15, -0.1) is 0 Å². The summed E-state index contributed by atoms with van der Waals surface area (Å²) < 4.78 is 4.82. The third-order valence-electron chi connectivity index (χ3n) is 3.71. The van der Waals surface area contributed by atoms with Crippen LogP contribution in [0.2, 0.25) is 0 Å². The molecule has 0 radical (unpaired) electrons. The molecule has 0 aromatic rings. The Morgan fingerprint density at radius 1 is 0.913 bits per heavy atom. The van der Waals surface area contributed by atoms with Gasteiger partial charge >= 0.3 is 5.97 Å². The summed E-state index contributed by atoms with van der Waals surface area (Å²) in [4.78, 5) is 11.7. The van der Waals surface area contributed by atoms with Crippen LogP contribution >= 0.6 is 0 Å². The second-order valence-corrected chi connectivity index (χ2v) is 6.69. The molecule has 0 aromatic carbocycles. The molecule has 0 saturated carbocycles. The van der Waals surface area contributed by atoms with Crippen LogP contribution in [0.5, 0.6) is 0 Å². The molecule has 0 aromatic heterocycles. The van der Waals surface area contributed by atoms with E-state index in [0.29, 0.717) is 0 Å². The third kappa shape index (κ3) is 10.7. The highest BCUT2D eigenvalue weighted by Crippen LogP contribution is 2.14. The van der Waals surface area contributed by atoms with Gasteiger partial charge in [0.1, 0.15) is 0 Å². The van der Waals surface area contributed by atoms with Crippen LogP contribution in [0, 0.1) is 5.92 Å². The van der Waals surface area contributed by atoms with E-state index in [1.54, 1.807) is 0 Å². The van der Waals surface area contributed by atoms with Crippen molar-refractivity contribution in [1.29, 1.82) is 0 Å². The first-order valence-corrected chi connectivity index (χ1v) is 8.52. The third-order valence-corrected chi connectivity index (χ3v) is 3.71. The summed E-state index contributed by atoms with van der Waals surface area (Å²) >= 11 is 0. The molecule has 130 valence electrons. The molecule has 0 aliphatic rings. The number of hydrogen-bond acceptors (Lipinski definition) is 2. The summed E-state index contributed by atoms with van der Waals surface area (Å²) in [5.74, 6) is -0.0669. The minimum atomic E-state index is -0.237. The number of ether oxygens (including phenoxy) is 1. The smallest absolute Gasteiger partial charge is 0.333 e. The lowest BCUT2D eigenvalue weighted by molar-refractivity contribution is -0.136. The van der Waals surface area contributed by atoms with Crippen LogP contribution in [0.1, 0.15) is 67.2 Å². The quantitative estimate of drug-likeness (QED) is 0.220.